The van der Waals surface area contributed by atoms with Crippen molar-refractivity contribution >= 4 is 39.5 Å². The Morgan fingerprint density at radius 1 is 1.23 bits per heavy atom. The Kier molecular flexibility index (Phi) is 6.79. The first-order valence-corrected chi connectivity index (χ1v) is 12.5. The van der Waals surface area contributed by atoms with E-state index in [0.29, 0.717) is 50.8 Å². The van der Waals surface area contributed by atoms with Crippen molar-refractivity contribution < 1.29 is 24.2 Å². The number of ether oxygens (including phenoxy) is 2. The van der Waals surface area contributed by atoms with Crippen molar-refractivity contribution in [1.82, 2.24) is 9.80 Å². The van der Waals surface area contributed by atoms with E-state index in [9.17, 15) is 14.7 Å². The lowest BCUT2D eigenvalue weighted by molar-refractivity contribution is -0.143. The van der Waals surface area contributed by atoms with Crippen LogP contribution in [0.4, 0.5) is 0 Å². The van der Waals surface area contributed by atoms with Gasteiger partial charge in [0.05, 0.1) is 6.42 Å². The van der Waals surface area contributed by atoms with Gasteiger partial charge in [-0.15, -0.1) is 0 Å². The third-order valence-corrected chi connectivity index (χ3v) is 7.36. The van der Waals surface area contributed by atoms with E-state index in [-0.39, 0.29) is 30.2 Å². The zero-order valence-electron chi connectivity index (χ0n) is 17.0. The number of piperidine rings is 1. The number of benzene rings is 1. The van der Waals surface area contributed by atoms with E-state index in [4.69, 9.17) is 9.47 Å². The Morgan fingerprint density at radius 2 is 1.97 bits per heavy atom. The first-order valence-electron chi connectivity index (χ1n) is 10.3. The molecule has 0 radical (unpaired) electrons. The zero-order chi connectivity index (χ0) is 21.3. The van der Waals surface area contributed by atoms with Gasteiger partial charge < -0.3 is 24.4 Å². The average molecular weight is 499 g/mol. The van der Waals surface area contributed by atoms with Crippen LogP contribution < -0.4 is 9.47 Å². The number of hydrogen-bond donors (Lipinski definition) is 1. The fourth-order valence-electron chi connectivity index (χ4n) is 4.51. The van der Waals surface area contributed by atoms with Crippen LogP contribution in [0.3, 0.4) is 0 Å². The van der Waals surface area contributed by atoms with Crippen LogP contribution in [0.5, 0.6) is 11.5 Å². The molecular formula is C21H27BrN2O5S. The molecule has 3 aliphatic heterocycles. The van der Waals surface area contributed by atoms with Crippen LogP contribution in [-0.2, 0) is 16.0 Å². The SMILES string of the molecule is CSCCC(O)C(=O)N1CC2CC(C1)N(C(=O)Cc1cc3c(cc1Br)OCCO3)C2. The molecule has 1 aromatic carbocycles. The fourth-order valence-corrected chi connectivity index (χ4v) is 5.44. The van der Waals surface area contributed by atoms with E-state index >= 15 is 0 Å². The molecule has 7 nitrogen and oxygen atoms in total. The standard InChI is InChI=1S/C21H27BrN2O5S/c1-30-5-2-17(25)21(27)23-10-13-6-15(12-23)24(11-13)20(26)8-14-7-18-19(9-16(14)22)29-4-3-28-18/h7,9,13,15,17,25H,2-6,8,10-12H2,1H3. The first kappa shape index (κ1) is 21.8. The maximum Gasteiger partial charge on any atom is 0.251 e. The summed E-state index contributed by atoms with van der Waals surface area (Å²) in [7, 11) is 0. The van der Waals surface area contributed by atoms with Gasteiger partial charge in [-0.2, -0.15) is 11.8 Å². The molecule has 164 valence electrons. The summed E-state index contributed by atoms with van der Waals surface area (Å²) in [6, 6.07) is 3.75. The average Bonchev–Trinajstić information content (AvgIpc) is 3.05. The molecule has 2 bridgehead atoms. The zero-order valence-corrected chi connectivity index (χ0v) is 19.4. The van der Waals surface area contributed by atoms with Crippen molar-refractivity contribution in [1.29, 1.82) is 0 Å². The number of fused-ring (bicyclic) bond motifs is 3. The predicted molar refractivity (Wildman–Crippen MR) is 118 cm³/mol. The van der Waals surface area contributed by atoms with Gasteiger partial charge in [-0.25, -0.2) is 0 Å². The molecule has 1 N–H and O–H groups in total. The Labute approximate surface area is 189 Å². The first-order chi connectivity index (χ1) is 14.5. The van der Waals surface area contributed by atoms with Crippen LogP contribution in [0.15, 0.2) is 16.6 Å². The number of carbonyl (C=O) groups is 2. The van der Waals surface area contributed by atoms with Gasteiger partial charge in [0.15, 0.2) is 11.5 Å². The molecule has 2 amide bonds. The van der Waals surface area contributed by atoms with Gasteiger partial charge in [0.2, 0.25) is 5.91 Å². The lowest BCUT2D eigenvalue weighted by Crippen LogP contribution is -2.49. The molecule has 0 aliphatic carbocycles. The van der Waals surface area contributed by atoms with Crippen molar-refractivity contribution in [3.8, 4) is 11.5 Å². The van der Waals surface area contributed by atoms with Crippen molar-refractivity contribution in [2.75, 3.05) is 44.9 Å². The molecular weight excluding hydrogens is 472 g/mol. The highest BCUT2D eigenvalue weighted by Gasteiger charge is 2.42. The molecule has 3 heterocycles. The Balaban J connectivity index is 1.40. The second-order valence-corrected chi connectivity index (χ2v) is 9.95. The number of aliphatic hydroxyl groups excluding tert-OH is 1. The predicted octanol–water partition coefficient (Wildman–Crippen LogP) is 1.94. The molecule has 0 saturated carbocycles. The number of thioether (sulfide) groups is 1. The number of carbonyl (C=O) groups excluding carboxylic acids is 2. The monoisotopic (exact) mass is 498 g/mol. The highest BCUT2D eigenvalue weighted by molar-refractivity contribution is 9.10. The summed E-state index contributed by atoms with van der Waals surface area (Å²) in [5, 5.41) is 10.2. The van der Waals surface area contributed by atoms with E-state index in [1.807, 2.05) is 23.3 Å². The largest absolute Gasteiger partial charge is 0.486 e. The van der Waals surface area contributed by atoms with Crippen molar-refractivity contribution in [3.05, 3.63) is 22.2 Å². The normalized spacial score (nSPS) is 23.4. The third kappa shape index (κ3) is 4.57. The highest BCUT2D eigenvalue weighted by Crippen LogP contribution is 2.37. The topological polar surface area (TPSA) is 79.3 Å². The summed E-state index contributed by atoms with van der Waals surface area (Å²) in [4.78, 5) is 29.4. The van der Waals surface area contributed by atoms with Crippen molar-refractivity contribution in [3.63, 3.8) is 0 Å². The molecule has 2 fully saturated rings. The molecule has 30 heavy (non-hydrogen) atoms. The van der Waals surface area contributed by atoms with E-state index in [1.54, 1.807) is 16.7 Å². The van der Waals surface area contributed by atoms with Gasteiger partial charge in [0.1, 0.15) is 19.3 Å². The molecule has 1 aromatic rings. The number of likely N-dealkylation sites (tertiary alicyclic amines) is 2. The van der Waals surface area contributed by atoms with Gasteiger partial charge in [-0.3, -0.25) is 9.59 Å². The Morgan fingerprint density at radius 3 is 2.70 bits per heavy atom. The summed E-state index contributed by atoms with van der Waals surface area (Å²) in [5.74, 6) is 2.23. The molecule has 3 aliphatic rings. The second-order valence-electron chi connectivity index (χ2n) is 8.11. The van der Waals surface area contributed by atoms with Gasteiger partial charge in [-0.05, 0) is 48.5 Å². The molecule has 0 spiro atoms. The van der Waals surface area contributed by atoms with Crippen LogP contribution in [-0.4, -0.2) is 83.7 Å². The number of aliphatic hydroxyl groups is 1. The van der Waals surface area contributed by atoms with E-state index in [0.717, 1.165) is 22.2 Å². The van der Waals surface area contributed by atoms with Crippen LogP contribution >= 0.6 is 27.7 Å². The second kappa shape index (κ2) is 9.36. The van der Waals surface area contributed by atoms with Crippen molar-refractivity contribution in [2.24, 2.45) is 5.92 Å². The van der Waals surface area contributed by atoms with Gasteiger partial charge in [0, 0.05) is 30.1 Å². The fraction of sp³-hybridized carbons (Fsp3) is 0.619. The molecule has 3 atom stereocenters. The Bertz CT molecular complexity index is 823. The summed E-state index contributed by atoms with van der Waals surface area (Å²) in [6.45, 7) is 2.81. The van der Waals surface area contributed by atoms with Crippen LogP contribution in [0.25, 0.3) is 0 Å². The summed E-state index contributed by atoms with van der Waals surface area (Å²) < 4.78 is 12.1. The lowest BCUT2D eigenvalue weighted by Gasteiger charge is -2.34. The summed E-state index contributed by atoms with van der Waals surface area (Å²) in [5.41, 5.74) is 0.867. The smallest absolute Gasteiger partial charge is 0.251 e. The maximum absolute atomic E-state index is 13.1. The van der Waals surface area contributed by atoms with Crippen molar-refractivity contribution in [2.45, 2.75) is 31.4 Å². The van der Waals surface area contributed by atoms with Crippen LogP contribution in [0.1, 0.15) is 18.4 Å². The number of amides is 2. The third-order valence-electron chi connectivity index (χ3n) is 5.98. The molecule has 3 unspecified atom stereocenters. The highest BCUT2D eigenvalue weighted by atomic mass is 79.9. The minimum atomic E-state index is -0.951. The molecule has 9 heteroatoms. The van der Waals surface area contributed by atoms with Gasteiger partial charge in [0.25, 0.3) is 5.91 Å². The van der Waals surface area contributed by atoms with E-state index in [2.05, 4.69) is 15.9 Å². The number of nitrogens with zero attached hydrogens (tertiary/aromatic N) is 2. The van der Waals surface area contributed by atoms with E-state index < -0.39 is 6.10 Å². The van der Waals surface area contributed by atoms with E-state index in [1.165, 1.54) is 0 Å². The van der Waals surface area contributed by atoms with Crippen LogP contribution in [0.2, 0.25) is 0 Å². The Hall–Kier alpha value is -1.45. The number of halogens is 1. The minimum absolute atomic E-state index is 0.0175. The van der Waals surface area contributed by atoms with Gasteiger partial charge >= 0.3 is 0 Å². The number of rotatable bonds is 6. The molecule has 2 saturated heterocycles. The molecule has 4 rings (SSSR count). The van der Waals surface area contributed by atoms with Crippen LogP contribution in [0, 0.1) is 5.92 Å². The van der Waals surface area contributed by atoms with Gasteiger partial charge in [-0.1, -0.05) is 15.9 Å². The summed E-state index contributed by atoms with van der Waals surface area (Å²) in [6.07, 6.45) is 2.66. The molecule has 0 aromatic heterocycles. The lowest BCUT2D eigenvalue weighted by atomic mass is 9.99. The quantitative estimate of drug-likeness (QED) is 0.645. The summed E-state index contributed by atoms with van der Waals surface area (Å²) >= 11 is 5.16. The number of hydrogen-bond acceptors (Lipinski definition) is 6. The minimum Gasteiger partial charge on any atom is -0.486 e. The maximum atomic E-state index is 13.1.